The number of rotatable bonds is 5. The van der Waals surface area contributed by atoms with Crippen molar-refractivity contribution in [3.63, 3.8) is 0 Å². The molecular formula is C24H19ClN2O2. The SMILES string of the molecule is Cc1c(C(=O)OCc2ccccc2)c(-c2ccc(Cl)cc2)nn1-c1ccccc1. The lowest BCUT2D eigenvalue weighted by molar-refractivity contribution is 0.0472. The lowest BCUT2D eigenvalue weighted by atomic mass is 10.1. The zero-order chi connectivity index (χ0) is 20.2. The molecule has 0 radical (unpaired) electrons. The van der Waals surface area contributed by atoms with Crippen molar-refractivity contribution in [1.29, 1.82) is 0 Å². The average Bonchev–Trinajstić information content (AvgIpc) is 3.11. The average molecular weight is 403 g/mol. The van der Waals surface area contributed by atoms with Gasteiger partial charge in [-0.3, -0.25) is 0 Å². The molecule has 5 heteroatoms. The highest BCUT2D eigenvalue weighted by Crippen LogP contribution is 2.29. The Labute approximate surface area is 174 Å². The van der Waals surface area contributed by atoms with Crippen molar-refractivity contribution in [3.05, 3.63) is 107 Å². The van der Waals surface area contributed by atoms with E-state index in [1.165, 1.54) is 0 Å². The molecule has 0 aliphatic rings. The fourth-order valence-electron chi connectivity index (χ4n) is 3.17. The van der Waals surface area contributed by atoms with Gasteiger partial charge in [-0.15, -0.1) is 0 Å². The van der Waals surface area contributed by atoms with Gasteiger partial charge in [0.1, 0.15) is 17.9 Å². The Morgan fingerprint density at radius 2 is 1.55 bits per heavy atom. The summed E-state index contributed by atoms with van der Waals surface area (Å²) >= 11 is 6.03. The number of para-hydroxylation sites is 1. The molecule has 4 rings (SSSR count). The topological polar surface area (TPSA) is 44.1 Å². The molecule has 4 aromatic rings. The van der Waals surface area contributed by atoms with Gasteiger partial charge < -0.3 is 4.74 Å². The normalized spacial score (nSPS) is 10.7. The van der Waals surface area contributed by atoms with E-state index >= 15 is 0 Å². The molecule has 0 atom stereocenters. The standard InChI is InChI=1S/C24H19ClN2O2/c1-17-22(24(28)29-16-18-8-4-2-5-9-18)23(19-12-14-20(25)15-13-19)26-27(17)21-10-6-3-7-11-21/h2-15H,16H2,1H3. The summed E-state index contributed by atoms with van der Waals surface area (Å²) in [5.41, 5.74) is 4.36. The van der Waals surface area contributed by atoms with E-state index in [1.54, 1.807) is 16.8 Å². The molecule has 1 heterocycles. The van der Waals surface area contributed by atoms with E-state index < -0.39 is 5.97 Å². The van der Waals surface area contributed by atoms with E-state index in [9.17, 15) is 4.79 Å². The fourth-order valence-corrected chi connectivity index (χ4v) is 3.30. The Morgan fingerprint density at radius 1 is 0.931 bits per heavy atom. The van der Waals surface area contributed by atoms with Gasteiger partial charge in [-0.25, -0.2) is 9.48 Å². The number of carbonyl (C=O) groups is 1. The molecule has 0 saturated heterocycles. The minimum Gasteiger partial charge on any atom is -0.457 e. The van der Waals surface area contributed by atoms with Gasteiger partial charge in [0.05, 0.1) is 11.4 Å². The smallest absolute Gasteiger partial charge is 0.342 e. The maximum Gasteiger partial charge on any atom is 0.342 e. The molecule has 3 aromatic carbocycles. The van der Waals surface area contributed by atoms with Crippen LogP contribution >= 0.6 is 11.6 Å². The largest absolute Gasteiger partial charge is 0.457 e. The van der Waals surface area contributed by atoms with Crippen LogP contribution in [-0.2, 0) is 11.3 Å². The van der Waals surface area contributed by atoms with Gasteiger partial charge in [0.15, 0.2) is 0 Å². The van der Waals surface area contributed by atoms with Crippen molar-refractivity contribution in [2.24, 2.45) is 0 Å². The zero-order valence-corrected chi connectivity index (χ0v) is 16.6. The third-order valence-electron chi connectivity index (χ3n) is 4.65. The summed E-state index contributed by atoms with van der Waals surface area (Å²) in [6.45, 7) is 2.08. The van der Waals surface area contributed by atoms with Crippen molar-refractivity contribution in [1.82, 2.24) is 9.78 Å². The Hall–Kier alpha value is -3.37. The van der Waals surface area contributed by atoms with Crippen LogP contribution in [0.25, 0.3) is 16.9 Å². The summed E-state index contributed by atoms with van der Waals surface area (Å²) in [5, 5.41) is 5.35. The first-order chi connectivity index (χ1) is 14.1. The van der Waals surface area contributed by atoms with Crippen LogP contribution in [0.4, 0.5) is 0 Å². The lowest BCUT2D eigenvalue weighted by Crippen LogP contribution is -2.08. The van der Waals surface area contributed by atoms with Gasteiger partial charge in [-0.2, -0.15) is 5.10 Å². The number of halogens is 1. The van der Waals surface area contributed by atoms with E-state index in [0.29, 0.717) is 16.3 Å². The maximum atomic E-state index is 13.0. The highest BCUT2D eigenvalue weighted by molar-refractivity contribution is 6.30. The van der Waals surface area contributed by atoms with Crippen LogP contribution in [0.5, 0.6) is 0 Å². The van der Waals surface area contributed by atoms with Crippen molar-refractivity contribution in [2.75, 3.05) is 0 Å². The minimum absolute atomic E-state index is 0.204. The highest BCUT2D eigenvalue weighted by Gasteiger charge is 2.24. The first kappa shape index (κ1) is 19.0. The number of esters is 1. The van der Waals surface area contributed by atoms with Gasteiger partial charge in [-0.1, -0.05) is 72.3 Å². The summed E-state index contributed by atoms with van der Waals surface area (Å²) in [4.78, 5) is 13.0. The molecule has 0 unspecified atom stereocenters. The lowest BCUT2D eigenvalue weighted by Gasteiger charge is -2.07. The predicted octanol–water partition coefficient (Wildman–Crippen LogP) is 5.86. The van der Waals surface area contributed by atoms with Crippen LogP contribution in [0.2, 0.25) is 5.02 Å². The van der Waals surface area contributed by atoms with Crippen molar-refractivity contribution in [2.45, 2.75) is 13.5 Å². The molecule has 0 fully saturated rings. The molecule has 0 bridgehead atoms. The maximum absolute atomic E-state index is 13.0. The monoisotopic (exact) mass is 402 g/mol. The number of nitrogens with zero attached hydrogens (tertiary/aromatic N) is 2. The Balaban J connectivity index is 1.75. The van der Waals surface area contributed by atoms with E-state index in [-0.39, 0.29) is 6.61 Å². The number of aromatic nitrogens is 2. The fraction of sp³-hybridized carbons (Fsp3) is 0.0833. The van der Waals surface area contributed by atoms with Gasteiger partial charge in [-0.05, 0) is 36.8 Å². The minimum atomic E-state index is -0.404. The first-order valence-corrected chi connectivity index (χ1v) is 9.63. The molecule has 1 aromatic heterocycles. The van der Waals surface area contributed by atoms with E-state index in [4.69, 9.17) is 21.4 Å². The molecule has 0 amide bonds. The summed E-state index contributed by atoms with van der Waals surface area (Å²) < 4.78 is 7.38. The van der Waals surface area contributed by atoms with E-state index in [1.807, 2.05) is 79.7 Å². The van der Waals surface area contributed by atoms with Crippen LogP contribution in [-0.4, -0.2) is 15.7 Å². The van der Waals surface area contributed by atoms with Crippen LogP contribution in [0.3, 0.4) is 0 Å². The summed E-state index contributed by atoms with van der Waals surface area (Å²) in [6.07, 6.45) is 0. The third-order valence-corrected chi connectivity index (χ3v) is 4.90. The Bertz CT molecular complexity index is 1120. The van der Waals surface area contributed by atoms with Crippen molar-refractivity contribution in [3.8, 4) is 16.9 Å². The van der Waals surface area contributed by atoms with Gasteiger partial charge in [0, 0.05) is 10.6 Å². The third kappa shape index (κ3) is 4.08. The van der Waals surface area contributed by atoms with Gasteiger partial charge in [0.25, 0.3) is 0 Å². The first-order valence-electron chi connectivity index (χ1n) is 9.25. The highest BCUT2D eigenvalue weighted by atomic mass is 35.5. The molecule has 0 aliphatic heterocycles. The summed E-state index contributed by atoms with van der Waals surface area (Å²) in [5.74, 6) is -0.404. The van der Waals surface area contributed by atoms with Crippen molar-refractivity contribution >= 4 is 17.6 Å². The molecule has 0 aliphatic carbocycles. The van der Waals surface area contributed by atoms with E-state index in [2.05, 4.69) is 0 Å². The van der Waals surface area contributed by atoms with Crippen LogP contribution < -0.4 is 0 Å². The number of hydrogen-bond acceptors (Lipinski definition) is 3. The second kappa shape index (κ2) is 8.33. The second-order valence-electron chi connectivity index (χ2n) is 6.62. The van der Waals surface area contributed by atoms with Crippen molar-refractivity contribution < 1.29 is 9.53 Å². The van der Waals surface area contributed by atoms with Gasteiger partial charge >= 0.3 is 5.97 Å². The number of benzene rings is 3. The Kier molecular flexibility index (Phi) is 5.45. The van der Waals surface area contributed by atoms with Crippen LogP contribution in [0.1, 0.15) is 21.6 Å². The number of ether oxygens (including phenoxy) is 1. The molecule has 144 valence electrons. The molecular weight excluding hydrogens is 384 g/mol. The molecule has 4 nitrogen and oxygen atoms in total. The van der Waals surface area contributed by atoms with E-state index in [0.717, 1.165) is 22.5 Å². The molecule has 0 saturated carbocycles. The van der Waals surface area contributed by atoms with Gasteiger partial charge in [0.2, 0.25) is 0 Å². The predicted molar refractivity (Wildman–Crippen MR) is 114 cm³/mol. The molecule has 29 heavy (non-hydrogen) atoms. The van der Waals surface area contributed by atoms with Crippen LogP contribution in [0, 0.1) is 6.92 Å². The number of hydrogen-bond donors (Lipinski definition) is 0. The number of carbonyl (C=O) groups excluding carboxylic acids is 1. The zero-order valence-electron chi connectivity index (χ0n) is 15.9. The Morgan fingerprint density at radius 3 is 2.21 bits per heavy atom. The summed E-state index contributed by atoms with van der Waals surface area (Å²) in [6, 6.07) is 26.6. The quantitative estimate of drug-likeness (QED) is 0.393. The molecule has 0 N–H and O–H groups in total. The second-order valence-corrected chi connectivity index (χ2v) is 7.06. The summed E-state index contributed by atoms with van der Waals surface area (Å²) in [7, 11) is 0. The molecule has 0 spiro atoms. The van der Waals surface area contributed by atoms with Crippen LogP contribution in [0.15, 0.2) is 84.9 Å².